The first-order valence-corrected chi connectivity index (χ1v) is 7.06. The van der Waals surface area contributed by atoms with E-state index >= 15 is 0 Å². The highest BCUT2D eigenvalue weighted by Crippen LogP contribution is 2.29. The Morgan fingerprint density at radius 2 is 1.89 bits per heavy atom. The minimum absolute atomic E-state index is 0.0376. The van der Waals surface area contributed by atoms with Gasteiger partial charge in [-0.15, -0.1) is 0 Å². The fourth-order valence-electron chi connectivity index (χ4n) is 2.41. The summed E-state index contributed by atoms with van der Waals surface area (Å²) >= 11 is 11.9. The van der Waals surface area contributed by atoms with Crippen LogP contribution in [0, 0.1) is 5.41 Å². The average Bonchev–Trinajstić information content (AvgIpc) is 2.30. The molecule has 5 heteroatoms. The van der Waals surface area contributed by atoms with Gasteiger partial charge in [-0.05, 0) is 30.0 Å². The van der Waals surface area contributed by atoms with E-state index in [9.17, 15) is 4.79 Å². The fraction of sp³-hybridized carbons (Fsp3) is 0.500. The number of carbonyl (C=O) groups excluding carboxylic acids is 1. The molecular weight excluding hydrogens is 283 g/mol. The maximum absolute atomic E-state index is 12.5. The third kappa shape index (κ3) is 3.22. The van der Waals surface area contributed by atoms with Crippen LogP contribution in [0.2, 0.25) is 10.0 Å². The average molecular weight is 301 g/mol. The first-order chi connectivity index (χ1) is 8.79. The number of hydrogen-bond acceptors (Lipinski definition) is 2. The number of amides is 1. The molecule has 1 saturated heterocycles. The highest BCUT2D eigenvalue weighted by molar-refractivity contribution is 6.35. The van der Waals surface area contributed by atoms with Crippen molar-refractivity contribution in [2.75, 3.05) is 13.1 Å². The monoisotopic (exact) mass is 300 g/mol. The van der Waals surface area contributed by atoms with Gasteiger partial charge in [0, 0.05) is 34.7 Å². The van der Waals surface area contributed by atoms with Crippen LogP contribution >= 0.6 is 23.2 Å². The molecule has 1 aliphatic heterocycles. The molecule has 1 unspecified atom stereocenters. The number of benzene rings is 1. The summed E-state index contributed by atoms with van der Waals surface area (Å²) in [5.41, 5.74) is 6.54. The molecule has 1 fully saturated rings. The molecule has 3 nitrogen and oxygen atoms in total. The van der Waals surface area contributed by atoms with Crippen LogP contribution < -0.4 is 5.73 Å². The third-order valence-corrected chi connectivity index (χ3v) is 4.15. The number of nitrogens with zero attached hydrogens (tertiary/aromatic N) is 1. The number of nitrogens with two attached hydrogens (primary N) is 1. The van der Waals surface area contributed by atoms with Crippen molar-refractivity contribution in [2.45, 2.75) is 26.3 Å². The molecule has 2 N–H and O–H groups in total. The molecule has 2 rings (SSSR count). The summed E-state index contributed by atoms with van der Waals surface area (Å²) in [7, 11) is 0. The second kappa shape index (κ2) is 5.31. The lowest BCUT2D eigenvalue weighted by atomic mass is 9.79. The minimum Gasteiger partial charge on any atom is -0.338 e. The third-order valence-electron chi connectivity index (χ3n) is 3.71. The zero-order valence-corrected chi connectivity index (χ0v) is 12.6. The Hall–Kier alpha value is -0.770. The van der Waals surface area contributed by atoms with Gasteiger partial charge in [0.15, 0.2) is 0 Å². The van der Waals surface area contributed by atoms with Crippen molar-refractivity contribution in [1.82, 2.24) is 4.90 Å². The number of halogens is 2. The molecule has 1 atom stereocenters. The second-order valence-electron chi connectivity index (χ2n) is 5.77. The van der Waals surface area contributed by atoms with Crippen molar-refractivity contribution in [2.24, 2.45) is 11.1 Å². The molecule has 104 valence electrons. The summed E-state index contributed by atoms with van der Waals surface area (Å²) in [5.74, 6) is -0.0376. The predicted octanol–water partition coefficient (Wildman–Crippen LogP) is 3.19. The first-order valence-electron chi connectivity index (χ1n) is 6.30. The molecule has 1 amide bonds. The van der Waals surface area contributed by atoms with Crippen LogP contribution in [0.25, 0.3) is 0 Å². The molecule has 0 radical (unpaired) electrons. The quantitative estimate of drug-likeness (QED) is 0.866. The zero-order chi connectivity index (χ0) is 14.2. The van der Waals surface area contributed by atoms with Crippen LogP contribution in [0.15, 0.2) is 18.2 Å². The van der Waals surface area contributed by atoms with Gasteiger partial charge in [0.05, 0.1) is 0 Å². The normalized spacial score (nSPS) is 22.4. The minimum atomic E-state index is -0.0731. The van der Waals surface area contributed by atoms with E-state index in [0.29, 0.717) is 28.7 Å². The summed E-state index contributed by atoms with van der Waals surface area (Å²) in [6.45, 7) is 5.49. The van der Waals surface area contributed by atoms with Crippen LogP contribution in [0.3, 0.4) is 0 Å². The van der Waals surface area contributed by atoms with Crippen LogP contribution in [0.5, 0.6) is 0 Å². The molecule has 0 bridgehead atoms. The van der Waals surface area contributed by atoms with E-state index in [1.807, 2.05) is 4.90 Å². The van der Waals surface area contributed by atoms with E-state index in [4.69, 9.17) is 28.9 Å². The fourth-order valence-corrected chi connectivity index (χ4v) is 2.93. The van der Waals surface area contributed by atoms with Gasteiger partial charge in [-0.3, -0.25) is 4.79 Å². The van der Waals surface area contributed by atoms with E-state index in [2.05, 4.69) is 13.8 Å². The Morgan fingerprint density at radius 3 is 2.42 bits per heavy atom. The van der Waals surface area contributed by atoms with Crippen molar-refractivity contribution >= 4 is 29.1 Å². The summed E-state index contributed by atoms with van der Waals surface area (Å²) in [5, 5.41) is 0.952. The van der Waals surface area contributed by atoms with Crippen LogP contribution in [-0.2, 0) is 0 Å². The molecular formula is C14H18Cl2N2O. The van der Waals surface area contributed by atoms with Gasteiger partial charge >= 0.3 is 0 Å². The highest BCUT2D eigenvalue weighted by Gasteiger charge is 2.35. The molecule has 0 saturated carbocycles. The molecule has 0 spiro atoms. The van der Waals surface area contributed by atoms with E-state index in [0.717, 1.165) is 6.42 Å². The van der Waals surface area contributed by atoms with Crippen LogP contribution in [-0.4, -0.2) is 29.9 Å². The van der Waals surface area contributed by atoms with Crippen LogP contribution in [0.4, 0.5) is 0 Å². The van der Waals surface area contributed by atoms with E-state index in [1.165, 1.54) is 0 Å². The Bertz CT molecular complexity index is 482. The second-order valence-corrected chi connectivity index (χ2v) is 6.64. The topological polar surface area (TPSA) is 46.3 Å². The van der Waals surface area contributed by atoms with E-state index < -0.39 is 0 Å². The number of rotatable bonds is 1. The zero-order valence-electron chi connectivity index (χ0n) is 11.1. The van der Waals surface area contributed by atoms with Gasteiger partial charge in [-0.25, -0.2) is 0 Å². The highest BCUT2D eigenvalue weighted by atomic mass is 35.5. The van der Waals surface area contributed by atoms with Gasteiger partial charge in [0.2, 0.25) is 0 Å². The predicted molar refractivity (Wildman–Crippen MR) is 78.7 cm³/mol. The maximum Gasteiger partial charge on any atom is 0.253 e. The number of likely N-dealkylation sites (tertiary alicyclic amines) is 1. The SMILES string of the molecule is CC1(C)CN(C(=O)c2cc(Cl)cc(Cl)c2)CCC1N. The van der Waals surface area contributed by atoms with Crippen molar-refractivity contribution in [3.63, 3.8) is 0 Å². The summed E-state index contributed by atoms with van der Waals surface area (Å²) in [6.07, 6.45) is 0.813. The maximum atomic E-state index is 12.5. The Kier molecular flexibility index (Phi) is 4.09. The summed E-state index contributed by atoms with van der Waals surface area (Å²) in [6, 6.07) is 5.05. The lowest BCUT2D eigenvalue weighted by molar-refractivity contribution is 0.0533. The van der Waals surface area contributed by atoms with Crippen molar-refractivity contribution in [3.8, 4) is 0 Å². The largest absolute Gasteiger partial charge is 0.338 e. The van der Waals surface area contributed by atoms with Gasteiger partial charge < -0.3 is 10.6 Å². The standard InChI is InChI=1S/C14H18Cl2N2O/c1-14(2)8-18(4-3-12(14)17)13(19)9-5-10(15)7-11(16)6-9/h5-7,12H,3-4,8,17H2,1-2H3. The van der Waals surface area contributed by atoms with Gasteiger partial charge in [-0.1, -0.05) is 37.0 Å². The molecule has 1 aromatic rings. The Morgan fingerprint density at radius 1 is 1.32 bits per heavy atom. The molecule has 0 aromatic heterocycles. The van der Waals surface area contributed by atoms with Gasteiger partial charge in [0.1, 0.15) is 0 Å². The van der Waals surface area contributed by atoms with Crippen molar-refractivity contribution in [1.29, 1.82) is 0 Å². The number of hydrogen-bond donors (Lipinski definition) is 1. The van der Waals surface area contributed by atoms with Crippen molar-refractivity contribution in [3.05, 3.63) is 33.8 Å². The Labute approximate surface area is 123 Å². The molecule has 1 aromatic carbocycles. The lowest BCUT2D eigenvalue weighted by Gasteiger charge is -2.42. The van der Waals surface area contributed by atoms with Gasteiger partial charge in [0.25, 0.3) is 5.91 Å². The first kappa shape index (κ1) is 14.6. The van der Waals surface area contributed by atoms with Crippen LogP contribution in [0.1, 0.15) is 30.6 Å². The van der Waals surface area contributed by atoms with E-state index in [-0.39, 0.29) is 17.4 Å². The lowest BCUT2D eigenvalue weighted by Crippen LogP contribution is -2.54. The smallest absolute Gasteiger partial charge is 0.253 e. The molecule has 1 heterocycles. The summed E-state index contributed by atoms with van der Waals surface area (Å²) < 4.78 is 0. The van der Waals surface area contributed by atoms with Gasteiger partial charge in [-0.2, -0.15) is 0 Å². The molecule has 19 heavy (non-hydrogen) atoms. The molecule has 1 aliphatic rings. The molecule has 0 aliphatic carbocycles. The Balaban J connectivity index is 2.20. The summed E-state index contributed by atoms with van der Waals surface area (Å²) in [4.78, 5) is 14.3. The van der Waals surface area contributed by atoms with E-state index in [1.54, 1.807) is 18.2 Å². The number of piperidine rings is 1. The number of carbonyl (C=O) groups is 1. The van der Waals surface area contributed by atoms with Crippen molar-refractivity contribution < 1.29 is 4.79 Å².